The van der Waals surface area contributed by atoms with E-state index in [9.17, 15) is 17.4 Å². The maximum absolute atomic E-state index is 13.3. The normalized spacial score (nSPS) is 15.3. The quantitative estimate of drug-likeness (QED) is 0.421. The summed E-state index contributed by atoms with van der Waals surface area (Å²) in [7, 11) is 2.34. The molecule has 0 aliphatic carbocycles. The lowest BCUT2D eigenvalue weighted by Gasteiger charge is -2.36. The summed E-state index contributed by atoms with van der Waals surface area (Å²) in [6, 6.07) is 1.04. The van der Waals surface area contributed by atoms with Gasteiger partial charge >= 0.3 is 6.18 Å². The van der Waals surface area contributed by atoms with Crippen molar-refractivity contribution in [2.24, 2.45) is 14.1 Å². The molecule has 0 saturated carbocycles. The van der Waals surface area contributed by atoms with Gasteiger partial charge in [0.25, 0.3) is 0 Å². The molecule has 4 heterocycles. The molecule has 1 fully saturated rings. The topological polar surface area (TPSA) is 114 Å². The molecule has 1 unspecified atom stereocenters. The number of halogens is 4. The highest BCUT2D eigenvalue weighted by Crippen LogP contribution is 2.32. The van der Waals surface area contributed by atoms with Gasteiger partial charge in [0.15, 0.2) is 0 Å². The van der Waals surface area contributed by atoms with Gasteiger partial charge in [-0.15, -0.1) is 17.5 Å². The molecule has 4 rings (SSSR count). The zero-order chi connectivity index (χ0) is 28.1. The van der Waals surface area contributed by atoms with E-state index in [1.807, 2.05) is 11.9 Å². The Balaban J connectivity index is 0.000000579. The van der Waals surface area contributed by atoms with Gasteiger partial charge in [-0.3, -0.25) is 23.6 Å². The van der Waals surface area contributed by atoms with Crippen LogP contribution in [0.1, 0.15) is 38.7 Å². The average Bonchev–Trinajstić information content (AvgIpc) is 3.45. The van der Waals surface area contributed by atoms with Gasteiger partial charge < -0.3 is 4.90 Å². The van der Waals surface area contributed by atoms with Crippen LogP contribution in [0.3, 0.4) is 0 Å². The number of H-pyrrole nitrogens is 1. The molecule has 39 heavy (non-hydrogen) atoms. The Hall–Kier alpha value is -2.43. The number of hydrogen-bond acceptors (Lipinski definition) is 9. The third kappa shape index (κ3) is 9.92. The smallest absolute Gasteiger partial charge is 0.354 e. The molecule has 1 N–H and O–H groups in total. The van der Waals surface area contributed by atoms with Crippen LogP contribution in [0, 0.1) is 4.77 Å². The van der Waals surface area contributed by atoms with E-state index in [2.05, 4.69) is 47.3 Å². The monoisotopic (exact) mass is 610 g/mol. The van der Waals surface area contributed by atoms with E-state index in [0.717, 1.165) is 19.0 Å². The zero-order valence-corrected chi connectivity index (χ0v) is 24.9. The minimum Gasteiger partial charge on any atom is -0.354 e. The lowest BCUT2D eigenvalue weighted by atomic mass is 9.95. The number of aromatic nitrogens is 8. The fourth-order valence-electron chi connectivity index (χ4n) is 3.56. The van der Waals surface area contributed by atoms with E-state index >= 15 is 0 Å². The largest absolute Gasteiger partial charge is 0.433 e. The third-order valence-electron chi connectivity index (χ3n) is 5.58. The second-order valence-corrected chi connectivity index (χ2v) is 11.7. The lowest BCUT2D eigenvalue weighted by molar-refractivity contribution is -0.141. The maximum Gasteiger partial charge on any atom is 0.433 e. The van der Waals surface area contributed by atoms with E-state index in [0.29, 0.717) is 47.7 Å². The van der Waals surface area contributed by atoms with Crippen LogP contribution in [0.5, 0.6) is 0 Å². The van der Waals surface area contributed by atoms with Gasteiger partial charge in [-0.1, -0.05) is 20.8 Å². The van der Waals surface area contributed by atoms with Crippen LogP contribution in [-0.4, -0.2) is 87.1 Å². The van der Waals surface area contributed by atoms with E-state index in [-0.39, 0.29) is 18.2 Å². The van der Waals surface area contributed by atoms with Crippen molar-refractivity contribution in [3.63, 3.8) is 0 Å². The molecule has 0 radical (unpaired) electrons. The number of nitrogens with zero attached hydrogens (tertiary/aromatic N) is 9. The van der Waals surface area contributed by atoms with Crippen molar-refractivity contribution >= 4 is 41.2 Å². The highest BCUT2D eigenvalue weighted by Gasteiger charge is 2.36. The van der Waals surface area contributed by atoms with E-state index < -0.39 is 28.1 Å². The van der Waals surface area contributed by atoms with Crippen LogP contribution in [0.4, 0.5) is 19.0 Å². The molecule has 3 aromatic heterocycles. The molecule has 3 aromatic rings. The Bertz CT molecular complexity index is 1250. The van der Waals surface area contributed by atoms with Crippen molar-refractivity contribution < 1.29 is 17.4 Å². The molecule has 17 heteroatoms. The standard InChI is InChI=1S/C19H28F3N7OS.C3H5N3S.ClH/c1-18(2,3)16-24-14(19(20,21)22)12-15(25-16)29-9-7-28(8-10-29)6-5-11-31(30)17-23-13-27(4)26-17;1-6-2-4-3(7)5-6;/h12-13H,5-11H2,1-4H3;2H,1H3,(H,5,7);1H. The molecule has 1 saturated heterocycles. The number of anilines is 1. The molecule has 0 aromatic carbocycles. The second kappa shape index (κ2) is 13.8. The maximum atomic E-state index is 13.3. The first-order chi connectivity index (χ1) is 17.7. The van der Waals surface area contributed by atoms with E-state index in [4.69, 9.17) is 0 Å². The SMILES string of the molecule is Cl.Cn1cnc(=S)[nH]1.Cn1cnc(S(=O)CCCN2CCN(c3cc(C(F)(F)F)nc(C(C)(C)C)n3)CC2)n1. The molecule has 1 aliphatic heterocycles. The van der Waals surface area contributed by atoms with Gasteiger partial charge in [0.05, 0.1) is 10.8 Å². The fourth-order valence-corrected chi connectivity index (χ4v) is 4.71. The summed E-state index contributed by atoms with van der Waals surface area (Å²) < 4.78 is 56.0. The second-order valence-electron chi connectivity index (χ2n) is 9.89. The molecule has 11 nitrogen and oxygen atoms in total. The van der Waals surface area contributed by atoms with Gasteiger partial charge in [-0.2, -0.15) is 13.2 Å². The number of alkyl halides is 3. The van der Waals surface area contributed by atoms with Crippen molar-refractivity contribution in [2.45, 2.75) is 43.9 Å². The van der Waals surface area contributed by atoms with Crippen molar-refractivity contribution in [3.8, 4) is 0 Å². The summed E-state index contributed by atoms with van der Waals surface area (Å²) in [4.78, 5) is 20.0. The zero-order valence-electron chi connectivity index (χ0n) is 22.5. The first kappa shape index (κ1) is 32.8. The van der Waals surface area contributed by atoms with Crippen LogP contribution in [0.15, 0.2) is 23.9 Å². The molecule has 1 aliphatic rings. The van der Waals surface area contributed by atoms with Crippen LogP contribution in [0.2, 0.25) is 0 Å². The molecular weight excluding hydrogens is 577 g/mol. The van der Waals surface area contributed by atoms with Crippen molar-refractivity contribution in [2.75, 3.05) is 43.4 Å². The summed E-state index contributed by atoms with van der Waals surface area (Å²) in [5, 5.41) is 7.16. The highest BCUT2D eigenvalue weighted by atomic mass is 35.5. The molecular formula is C22H34ClF3N10OS2. The van der Waals surface area contributed by atoms with E-state index in [1.54, 1.807) is 38.8 Å². The predicted molar refractivity (Wildman–Crippen MR) is 147 cm³/mol. The third-order valence-corrected chi connectivity index (χ3v) is 7.03. The van der Waals surface area contributed by atoms with Crippen LogP contribution in [0.25, 0.3) is 0 Å². The molecule has 218 valence electrons. The number of aryl methyl sites for hydroxylation is 2. The highest BCUT2D eigenvalue weighted by molar-refractivity contribution is 7.84. The van der Waals surface area contributed by atoms with Gasteiger partial charge in [-0.05, 0) is 25.2 Å². The molecule has 1 atom stereocenters. The van der Waals surface area contributed by atoms with Crippen LogP contribution in [-0.2, 0) is 36.5 Å². The number of aromatic amines is 1. The Morgan fingerprint density at radius 2 is 1.72 bits per heavy atom. The van der Waals surface area contributed by atoms with Gasteiger partial charge in [0.2, 0.25) is 9.93 Å². The van der Waals surface area contributed by atoms with Crippen LogP contribution < -0.4 is 4.90 Å². The first-order valence-corrected chi connectivity index (χ1v) is 13.7. The Morgan fingerprint density at radius 1 is 1.05 bits per heavy atom. The van der Waals surface area contributed by atoms with Crippen molar-refractivity contribution in [3.05, 3.63) is 35.0 Å². The van der Waals surface area contributed by atoms with Gasteiger partial charge in [-0.25, -0.2) is 19.9 Å². The fraction of sp³-hybridized carbons (Fsp3) is 0.636. The Kier molecular flexibility index (Phi) is 11.6. The summed E-state index contributed by atoms with van der Waals surface area (Å²) in [6.07, 6.45) is -0.639. The molecule has 0 bridgehead atoms. The lowest BCUT2D eigenvalue weighted by Crippen LogP contribution is -2.47. The summed E-state index contributed by atoms with van der Waals surface area (Å²) in [5.74, 6) is 0.972. The number of hydrogen-bond donors (Lipinski definition) is 1. The average molecular weight is 611 g/mol. The number of nitrogens with one attached hydrogen (secondary N) is 1. The summed E-state index contributed by atoms with van der Waals surface area (Å²) in [6.45, 7) is 8.70. The van der Waals surface area contributed by atoms with Crippen LogP contribution >= 0.6 is 24.6 Å². The van der Waals surface area contributed by atoms with Crippen molar-refractivity contribution in [1.29, 1.82) is 0 Å². The summed E-state index contributed by atoms with van der Waals surface area (Å²) >= 11 is 4.65. The Morgan fingerprint density at radius 3 is 2.18 bits per heavy atom. The van der Waals surface area contributed by atoms with Crippen molar-refractivity contribution in [1.82, 2.24) is 44.4 Å². The summed E-state index contributed by atoms with van der Waals surface area (Å²) in [5.41, 5.74) is -1.49. The van der Waals surface area contributed by atoms with Gasteiger partial charge in [0.1, 0.15) is 30.0 Å². The number of rotatable bonds is 6. The molecule has 0 spiro atoms. The number of piperazine rings is 1. The molecule has 0 amide bonds. The minimum atomic E-state index is -4.52. The first-order valence-electron chi connectivity index (χ1n) is 12.0. The Labute approximate surface area is 239 Å². The van der Waals surface area contributed by atoms with Gasteiger partial charge in [0, 0.05) is 57.5 Å². The van der Waals surface area contributed by atoms with E-state index in [1.165, 1.54) is 11.0 Å². The predicted octanol–water partition coefficient (Wildman–Crippen LogP) is 3.14. The minimum absolute atomic E-state index is 0.